The summed E-state index contributed by atoms with van der Waals surface area (Å²) in [4.78, 5) is 22.3. The number of likely N-dealkylation sites (N-methyl/N-ethyl adjacent to an activating group) is 1. The molecule has 0 unspecified atom stereocenters. The number of anilines is 1. The summed E-state index contributed by atoms with van der Waals surface area (Å²) in [6.07, 6.45) is 1.72. The lowest BCUT2D eigenvalue weighted by Gasteiger charge is -2.25. The molecule has 2 aromatic heterocycles. The minimum atomic E-state index is -0.0809. The van der Waals surface area contributed by atoms with Crippen LogP contribution in [0.4, 0.5) is 5.13 Å². The van der Waals surface area contributed by atoms with Gasteiger partial charge in [-0.25, -0.2) is 4.98 Å². The molecule has 0 bridgehead atoms. The van der Waals surface area contributed by atoms with E-state index in [2.05, 4.69) is 23.8 Å². The van der Waals surface area contributed by atoms with Crippen LogP contribution in [0.5, 0.6) is 5.75 Å². The largest absolute Gasteiger partial charge is 0.494 e. The fraction of sp³-hybridized carbons (Fsp3) is 0.450. The van der Waals surface area contributed by atoms with Gasteiger partial charge in [-0.15, -0.1) is 12.4 Å². The molecule has 158 valence electrons. The van der Waals surface area contributed by atoms with Crippen molar-refractivity contribution in [3.05, 3.63) is 35.7 Å². The molecule has 0 atom stereocenters. The number of benzene rings is 1. The van der Waals surface area contributed by atoms with Crippen LogP contribution >= 0.6 is 23.7 Å². The van der Waals surface area contributed by atoms with Crippen LogP contribution in [0, 0.1) is 6.92 Å². The van der Waals surface area contributed by atoms with E-state index in [1.54, 1.807) is 29.9 Å². The number of aromatic nitrogens is 3. The van der Waals surface area contributed by atoms with E-state index in [0.29, 0.717) is 23.1 Å². The first kappa shape index (κ1) is 23.1. The molecule has 0 saturated heterocycles. The number of fused-ring (bicyclic) bond motifs is 1. The molecule has 3 rings (SSSR count). The van der Waals surface area contributed by atoms with Crippen molar-refractivity contribution in [2.75, 3.05) is 38.2 Å². The first-order valence-electron chi connectivity index (χ1n) is 9.46. The van der Waals surface area contributed by atoms with Crippen LogP contribution in [0.15, 0.2) is 24.4 Å². The molecule has 0 aliphatic carbocycles. The fourth-order valence-electron chi connectivity index (χ4n) is 3.24. The van der Waals surface area contributed by atoms with Crippen LogP contribution in [0.1, 0.15) is 29.9 Å². The summed E-state index contributed by atoms with van der Waals surface area (Å²) in [5.74, 6) is 0.635. The van der Waals surface area contributed by atoms with Gasteiger partial charge in [-0.3, -0.25) is 14.4 Å². The Morgan fingerprint density at radius 1 is 1.24 bits per heavy atom. The third kappa shape index (κ3) is 4.71. The third-order valence-electron chi connectivity index (χ3n) is 4.93. The Bertz CT molecular complexity index is 948. The fourth-order valence-corrected chi connectivity index (χ4v) is 4.25. The molecule has 2 heterocycles. The highest BCUT2D eigenvalue weighted by Crippen LogP contribution is 2.34. The van der Waals surface area contributed by atoms with Gasteiger partial charge >= 0.3 is 0 Å². The van der Waals surface area contributed by atoms with Gasteiger partial charge in [0.1, 0.15) is 17.0 Å². The lowest BCUT2D eigenvalue weighted by Crippen LogP contribution is -2.39. The standard InChI is InChI=1S/C20H27N5O2S.ClH/c1-6-24(7-2)11-12-25(19(26)18-14(3)13-21-23(18)4)20-22-17-15(27-5)9-8-10-16(17)28-20;/h8-10,13H,6-7,11-12H2,1-5H3;1H. The maximum Gasteiger partial charge on any atom is 0.278 e. The van der Waals surface area contributed by atoms with Crippen molar-refractivity contribution >= 4 is 45.0 Å². The maximum atomic E-state index is 13.5. The van der Waals surface area contributed by atoms with E-state index in [0.717, 1.165) is 35.4 Å². The van der Waals surface area contributed by atoms with Crippen molar-refractivity contribution in [1.82, 2.24) is 19.7 Å². The second-order valence-corrected chi connectivity index (χ2v) is 7.60. The van der Waals surface area contributed by atoms with Crippen molar-refractivity contribution in [2.45, 2.75) is 20.8 Å². The molecule has 1 amide bonds. The SMILES string of the molecule is CCN(CC)CCN(C(=O)c1c(C)cnn1C)c1nc2c(OC)cccc2s1.Cl. The quantitative estimate of drug-likeness (QED) is 0.537. The van der Waals surface area contributed by atoms with Gasteiger partial charge in [-0.1, -0.05) is 31.3 Å². The van der Waals surface area contributed by atoms with Gasteiger partial charge in [-0.05, 0) is 37.7 Å². The first-order chi connectivity index (χ1) is 13.5. The molecule has 1 aromatic carbocycles. The Hall–Kier alpha value is -2.16. The number of carbonyl (C=O) groups is 1. The van der Waals surface area contributed by atoms with E-state index >= 15 is 0 Å². The van der Waals surface area contributed by atoms with Crippen molar-refractivity contribution in [3.63, 3.8) is 0 Å². The molecule has 29 heavy (non-hydrogen) atoms. The second kappa shape index (κ2) is 10.0. The molecular formula is C20H28ClN5O2S. The number of carbonyl (C=O) groups excluding carboxylic acids is 1. The van der Waals surface area contributed by atoms with Gasteiger partial charge in [0.25, 0.3) is 5.91 Å². The highest BCUT2D eigenvalue weighted by atomic mass is 35.5. The minimum Gasteiger partial charge on any atom is -0.494 e. The molecule has 0 aliphatic heterocycles. The normalized spacial score (nSPS) is 11.0. The van der Waals surface area contributed by atoms with Gasteiger partial charge in [0.05, 0.1) is 18.0 Å². The average molecular weight is 438 g/mol. The molecule has 0 fully saturated rings. The van der Waals surface area contributed by atoms with Crippen molar-refractivity contribution in [3.8, 4) is 5.75 Å². The number of nitrogens with zero attached hydrogens (tertiary/aromatic N) is 5. The van der Waals surface area contributed by atoms with E-state index in [1.165, 1.54) is 11.3 Å². The van der Waals surface area contributed by atoms with Gasteiger partial charge in [-0.2, -0.15) is 5.10 Å². The number of methoxy groups -OCH3 is 1. The Morgan fingerprint density at radius 2 is 1.97 bits per heavy atom. The van der Waals surface area contributed by atoms with Crippen molar-refractivity contribution in [1.29, 1.82) is 0 Å². The average Bonchev–Trinajstić information content (AvgIpc) is 3.27. The zero-order valence-electron chi connectivity index (χ0n) is 17.5. The Labute approximate surface area is 181 Å². The summed E-state index contributed by atoms with van der Waals surface area (Å²) in [7, 11) is 3.43. The summed E-state index contributed by atoms with van der Waals surface area (Å²) in [5, 5.41) is 4.91. The van der Waals surface area contributed by atoms with E-state index in [4.69, 9.17) is 9.72 Å². The molecule has 0 radical (unpaired) electrons. The number of aryl methyl sites for hydroxylation is 2. The number of para-hydroxylation sites is 1. The molecule has 0 N–H and O–H groups in total. The minimum absolute atomic E-state index is 0. The van der Waals surface area contributed by atoms with Gasteiger partial charge in [0.15, 0.2) is 5.13 Å². The summed E-state index contributed by atoms with van der Waals surface area (Å²) >= 11 is 1.50. The number of hydrogen-bond acceptors (Lipinski definition) is 6. The molecule has 0 saturated carbocycles. The van der Waals surface area contributed by atoms with Crippen LogP contribution in [0.3, 0.4) is 0 Å². The molecule has 9 heteroatoms. The highest BCUT2D eigenvalue weighted by molar-refractivity contribution is 7.22. The Kier molecular flexibility index (Phi) is 8.01. The van der Waals surface area contributed by atoms with Gasteiger partial charge in [0, 0.05) is 20.1 Å². The Morgan fingerprint density at radius 3 is 2.55 bits per heavy atom. The van der Waals surface area contributed by atoms with Crippen LogP contribution < -0.4 is 9.64 Å². The lowest BCUT2D eigenvalue weighted by molar-refractivity contribution is 0.0974. The maximum absolute atomic E-state index is 13.5. The summed E-state index contributed by atoms with van der Waals surface area (Å²) in [6.45, 7) is 9.39. The van der Waals surface area contributed by atoms with Crippen LogP contribution in [-0.4, -0.2) is 58.9 Å². The number of rotatable bonds is 8. The monoisotopic (exact) mass is 437 g/mol. The van der Waals surface area contributed by atoms with Crippen molar-refractivity contribution < 1.29 is 9.53 Å². The number of ether oxygens (including phenoxy) is 1. The van der Waals surface area contributed by atoms with Gasteiger partial charge < -0.3 is 9.64 Å². The summed E-state index contributed by atoms with van der Waals surface area (Å²) < 4.78 is 8.07. The highest BCUT2D eigenvalue weighted by Gasteiger charge is 2.26. The van der Waals surface area contributed by atoms with Crippen LogP contribution in [0.25, 0.3) is 10.2 Å². The molecule has 0 spiro atoms. The predicted octanol–water partition coefficient (Wildman–Crippen LogP) is 3.76. The molecule has 0 aliphatic rings. The number of thiazole rings is 1. The number of halogens is 1. The number of amides is 1. The molecule has 3 aromatic rings. The molecular weight excluding hydrogens is 410 g/mol. The zero-order chi connectivity index (χ0) is 20.3. The van der Waals surface area contributed by atoms with Crippen LogP contribution in [-0.2, 0) is 7.05 Å². The van der Waals surface area contributed by atoms with Gasteiger partial charge in [0.2, 0.25) is 0 Å². The van der Waals surface area contributed by atoms with E-state index in [1.807, 2.05) is 25.1 Å². The van der Waals surface area contributed by atoms with E-state index in [-0.39, 0.29) is 18.3 Å². The Balaban J connectivity index is 0.00000300. The summed E-state index contributed by atoms with van der Waals surface area (Å²) in [6, 6.07) is 5.83. The molecule has 7 nitrogen and oxygen atoms in total. The van der Waals surface area contributed by atoms with E-state index < -0.39 is 0 Å². The topological polar surface area (TPSA) is 63.5 Å². The lowest BCUT2D eigenvalue weighted by atomic mass is 10.2. The van der Waals surface area contributed by atoms with E-state index in [9.17, 15) is 4.79 Å². The third-order valence-corrected chi connectivity index (χ3v) is 5.97. The second-order valence-electron chi connectivity index (χ2n) is 6.59. The zero-order valence-corrected chi connectivity index (χ0v) is 19.1. The predicted molar refractivity (Wildman–Crippen MR) is 121 cm³/mol. The number of hydrogen-bond donors (Lipinski definition) is 0. The first-order valence-corrected chi connectivity index (χ1v) is 10.3. The van der Waals surface area contributed by atoms with Crippen LogP contribution in [0.2, 0.25) is 0 Å². The van der Waals surface area contributed by atoms with Crippen molar-refractivity contribution in [2.24, 2.45) is 7.05 Å². The smallest absolute Gasteiger partial charge is 0.278 e. The summed E-state index contributed by atoms with van der Waals surface area (Å²) in [5.41, 5.74) is 2.23.